The van der Waals surface area contributed by atoms with Crippen molar-refractivity contribution < 1.29 is 9.90 Å². The first kappa shape index (κ1) is 12.3. The molecule has 2 amide bonds. The molecule has 1 aromatic rings. The third-order valence-electron chi connectivity index (χ3n) is 2.10. The maximum atomic E-state index is 11.6. The summed E-state index contributed by atoms with van der Waals surface area (Å²) in [7, 11) is 0. The van der Waals surface area contributed by atoms with Crippen LogP contribution in [0.2, 0.25) is 0 Å². The SMILES string of the molecule is C=CNC(=O)N(CCO)Cc1ccccc1. The van der Waals surface area contributed by atoms with E-state index in [4.69, 9.17) is 5.11 Å². The molecule has 2 N–H and O–H groups in total. The maximum Gasteiger partial charge on any atom is 0.321 e. The Morgan fingerprint density at radius 2 is 2.12 bits per heavy atom. The molecule has 0 aliphatic heterocycles. The molecule has 0 heterocycles. The molecule has 0 bridgehead atoms. The van der Waals surface area contributed by atoms with Crippen LogP contribution in [-0.2, 0) is 6.54 Å². The molecule has 0 aliphatic rings. The maximum absolute atomic E-state index is 11.6. The number of hydrogen-bond acceptors (Lipinski definition) is 2. The van der Waals surface area contributed by atoms with Crippen molar-refractivity contribution in [3.63, 3.8) is 0 Å². The van der Waals surface area contributed by atoms with Gasteiger partial charge in [-0.2, -0.15) is 0 Å². The van der Waals surface area contributed by atoms with E-state index in [0.717, 1.165) is 5.56 Å². The molecule has 0 fully saturated rings. The van der Waals surface area contributed by atoms with Crippen LogP contribution in [0.4, 0.5) is 4.79 Å². The highest BCUT2D eigenvalue weighted by atomic mass is 16.3. The van der Waals surface area contributed by atoms with Gasteiger partial charge in [0.2, 0.25) is 0 Å². The van der Waals surface area contributed by atoms with Gasteiger partial charge in [-0.3, -0.25) is 0 Å². The summed E-state index contributed by atoms with van der Waals surface area (Å²) in [5.74, 6) is 0. The van der Waals surface area contributed by atoms with Crippen molar-refractivity contribution in [3.05, 3.63) is 48.7 Å². The predicted molar refractivity (Wildman–Crippen MR) is 62.7 cm³/mol. The Labute approximate surface area is 95.2 Å². The van der Waals surface area contributed by atoms with Crippen molar-refractivity contribution in [2.45, 2.75) is 6.54 Å². The number of benzene rings is 1. The highest BCUT2D eigenvalue weighted by molar-refractivity contribution is 5.75. The number of amides is 2. The minimum absolute atomic E-state index is 0.0581. The van der Waals surface area contributed by atoms with Crippen LogP contribution in [0, 0.1) is 0 Å². The van der Waals surface area contributed by atoms with E-state index in [-0.39, 0.29) is 12.6 Å². The summed E-state index contributed by atoms with van der Waals surface area (Å²) in [5, 5.41) is 11.4. The number of carbonyl (C=O) groups is 1. The molecule has 86 valence electrons. The van der Waals surface area contributed by atoms with E-state index < -0.39 is 0 Å². The second kappa shape index (κ2) is 6.63. The third-order valence-corrected chi connectivity index (χ3v) is 2.10. The van der Waals surface area contributed by atoms with Gasteiger partial charge >= 0.3 is 6.03 Å². The van der Waals surface area contributed by atoms with Gasteiger partial charge in [0.25, 0.3) is 0 Å². The zero-order chi connectivity index (χ0) is 11.8. The summed E-state index contributed by atoms with van der Waals surface area (Å²) in [5.41, 5.74) is 1.02. The number of nitrogens with zero attached hydrogens (tertiary/aromatic N) is 1. The first-order valence-electron chi connectivity index (χ1n) is 5.09. The van der Waals surface area contributed by atoms with E-state index in [1.54, 1.807) is 0 Å². The molecule has 16 heavy (non-hydrogen) atoms. The number of aliphatic hydroxyl groups excluding tert-OH is 1. The minimum atomic E-state index is -0.257. The third kappa shape index (κ3) is 3.74. The first-order chi connectivity index (χ1) is 7.77. The monoisotopic (exact) mass is 220 g/mol. The Bertz CT molecular complexity index is 338. The van der Waals surface area contributed by atoms with Crippen LogP contribution in [0.1, 0.15) is 5.56 Å². The zero-order valence-electron chi connectivity index (χ0n) is 9.10. The van der Waals surface area contributed by atoms with Gasteiger partial charge in [-0.25, -0.2) is 4.79 Å². The van der Waals surface area contributed by atoms with Crippen LogP contribution in [0.15, 0.2) is 43.1 Å². The van der Waals surface area contributed by atoms with E-state index in [1.807, 2.05) is 30.3 Å². The fourth-order valence-corrected chi connectivity index (χ4v) is 1.36. The van der Waals surface area contributed by atoms with E-state index in [1.165, 1.54) is 11.1 Å². The lowest BCUT2D eigenvalue weighted by Gasteiger charge is -2.21. The molecule has 0 saturated carbocycles. The molecule has 0 saturated heterocycles. The first-order valence-corrected chi connectivity index (χ1v) is 5.09. The predicted octanol–water partition coefficient (Wildman–Crippen LogP) is 1.33. The smallest absolute Gasteiger partial charge is 0.321 e. The number of rotatable bonds is 5. The summed E-state index contributed by atoms with van der Waals surface area (Å²) >= 11 is 0. The van der Waals surface area contributed by atoms with E-state index in [0.29, 0.717) is 13.1 Å². The van der Waals surface area contributed by atoms with Crippen molar-refractivity contribution in [1.82, 2.24) is 10.2 Å². The fourth-order valence-electron chi connectivity index (χ4n) is 1.36. The molecule has 4 heteroatoms. The van der Waals surface area contributed by atoms with Crippen molar-refractivity contribution in [3.8, 4) is 0 Å². The number of nitrogens with one attached hydrogen (secondary N) is 1. The average molecular weight is 220 g/mol. The Hall–Kier alpha value is -1.81. The van der Waals surface area contributed by atoms with E-state index in [2.05, 4.69) is 11.9 Å². The molecule has 1 aromatic carbocycles. The molecule has 0 radical (unpaired) electrons. The van der Waals surface area contributed by atoms with Crippen LogP contribution >= 0.6 is 0 Å². The van der Waals surface area contributed by atoms with Gasteiger partial charge in [0, 0.05) is 13.1 Å². The molecular formula is C12H16N2O2. The quantitative estimate of drug-likeness (QED) is 0.786. The number of aliphatic hydroxyl groups is 1. The molecule has 0 aliphatic carbocycles. The normalized spacial score (nSPS) is 9.56. The Morgan fingerprint density at radius 1 is 1.44 bits per heavy atom. The fraction of sp³-hybridized carbons (Fsp3) is 0.250. The molecule has 1 rings (SSSR count). The molecule has 0 unspecified atom stereocenters. The number of urea groups is 1. The lowest BCUT2D eigenvalue weighted by atomic mass is 10.2. The second-order valence-corrected chi connectivity index (χ2v) is 3.28. The average Bonchev–Trinajstić information content (AvgIpc) is 2.30. The van der Waals surface area contributed by atoms with Gasteiger partial charge in [0.15, 0.2) is 0 Å². The topological polar surface area (TPSA) is 52.6 Å². The van der Waals surface area contributed by atoms with Gasteiger partial charge in [-0.05, 0) is 11.8 Å². The van der Waals surface area contributed by atoms with Crippen molar-refractivity contribution in [2.75, 3.05) is 13.2 Å². The van der Waals surface area contributed by atoms with Crippen LogP contribution in [0.25, 0.3) is 0 Å². The van der Waals surface area contributed by atoms with Gasteiger partial charge in [0.1, 0.15) is 0 Å². The molecular weight excluding hydrogens is 204 g/mol. The Balaban J connectivity index is 2.64. The highest BCUT2D eigenvalue weighted by Crippen LogP contribution is 2.04. The van der Waals surface area contributed by atoms with Gasteiger partial charge in [-0.15, -0.1) is 0 Å². The number of carbonyl (C=O) groups excluding carboxylic acids is 1. The Morgan fingerprint density at radius 3 is 2.69 bits per heavy atom. The van der Waals surface area contributed by atoms with E-state index in [9.17, 15) is 4.79 Å². The summed E-state index contributed by atoms with van der Waals surface area (Å²) < 4.78 is 0. The molecule has 0 spiro atoms. The summed E-state index contributed by atoms with van der Waals surface area (Å²) in [6.45, 7) is 4.14. The summed E-state index contributed by atoms with van der Waals surface area (Å²) in [6.07, 6.45) is 1.33. The molecule has 0 atom stereocenters. The largest absolute Gasteiger partial charge is 0.395 e. The van der Waals surface area contributed by atoms with Gasteiger partial charge in [0.05, 0.1) is 6.61 Å². The molecule has 4 nitrogen and oxygen atoms in total. The number of hydrogen-bond donors (Lipinski definition) is 2. The second-order valence-electron chi connectivity index (χ2n) is 3.28. The van der Waals surface area contributed by atoms with Crippen LogP contribution in [0.3, 0.4) is 0 Å². The summed E-state index contributed by atoms with van der Waals surface area (Å²) in [6, 6.07) is 9.37. The van der Waals surface area contributed by atoms with Crippen LogP contribution < -0.4 is 5.32 Å². The van der Waals surface area contributed by atoms with Crippen LogP contribution in [-0.4, -0.2) is 29.2 Å². The lowest BCUT2D eigenvalue weighted by Crippen LogP contribution is -2.38. The van der Waals surface area contributed by atoms with E-state index >= 15 is 0 Å². The standard InChI is InChI=1S/C12H16N2O2/c1-2-13-12(16)14(8-9-15)10-11-6-4-3-5-7-11/h2-7,15H,1,8-10H2,(H,13,16). The zero-order valence-corrected chi connectivity index (χ0v) is 9.10. The minimum Gasteiger partial charge on any atom is -0.395 e. The van der Waals surface area contributed by atoms with Crippen molar-refractivity contribution in [2.24, 2.45) is 0 Å². The van der Waals surface area contributed by atoms with Crippen molar-refractivity contribution >= 4 is 6.03 Å². The van der Waals surface area contributed by atoms with Crippen molar-refractivity contribution in [1.29, 1.82) is 0 Å². The molecule has 0 aromatic heterocycles. The summed E-state index contributed by atoms with van der Waals surface area (Å²) in [4.78, 5) is 13.1. The van der Waals surface area contributed by atoms with Gasteiger partial charge in [-0.1, -0.05) is 36.9 Å². The highest BCUT2D eigenvalue weighted by Gasteiger charge is 2.11. The van der Waals surface area contributed by atoms with Gasteiger partial charge < -0.3 is 15.3 Å². The van der Waals surface area contributed by atoms with Crippen LogP contribution in [0.5, 0.6) is 0 Å². The Kier molecular flexibility index (Phi) is 5.08. The lowest BCUT2D eigenvalue weighted by molar-refractivity contribution is 0.177.